The van der Waals surface area contributed by atoms with E-state index in [-0.39, 0.29) is 12.5 Å². The lowest BCUT2D eigenvalue weighted by Crippen LogP contribution is -2.41. The number of nitrogens with zero attached hydrogens (tertiary/aromatic N) is 1. The van der Waals surface area contributed by atoms with Crippen LogP contribution in [0.1, 0.15) is 42.4 Å². The largest absolute Gasteiger partial charge is 0.480 e. The Morgan fingerprint density at radius 3 is 2.55 bits per heavy atom. The first kappa shape index (κ1) is 13.2. The zero-order valence-corrected chi connectivity index (χ0v) is 11.9. The third kappa shape index (κ3) is 1.67. The molecule has 1 heterocycles. The molecule has 1 aliphatic carbocycles. The van der Waals surface area contributed by atoms with Crippen molar-refractivity contribution in [2.75, 3.05) is 11.4 Å². The quantitative estimate of drug-likeness (QED) is 0.901. The molecule has 0 bridgehead atoms. The monoisotopic (exact) mass is 273 g/mol. The van der Waals surface area contributed by atoms with Crippen molar-refractivity contribution >= 4 is 17.6 Å². The zero-order valence-electron chi connectivity index (χ0n) is 11.9. The third-order valence-corrected chi connectivity index (χ3v) is 4.64. The number of aliphatic carboxylic acids is 1. The Kier molecular flexibility index (Phi) is 2.85. The average molecular weight is 273 g/mol. The van der Waals surface area contributed by atoms with E-state index >= 15 is 0 Å². The molecule has 1 amide bonds. The minimum atomic E-state index is -0.959. The number of hydrogen-bond acceptors (Lipinski definition) is 2. The first-order valence-corrected chi connectivity index (χ1v) is 7.11. The third-order valence-electron chi connectivity index (χ3n) is 4.64. The molecule has 4 heteroatoms. The van der Waals surface area contributed by atoms with E-state index in [0.29, 0.717) is 0 Å². The van der Waals surface area contributed by atoms with Crippen LogP contribution in [0, 0.1) is 13.8 Å². The maximum Gasteiger partial charge on any atom is 0.323 e. The summed E-state index contributed by atoms with van der Waals surface area (Å²) in [5.41, 5.74) is 3.57. The van der Waals surface area contributed by atoms with E-state index in [1.165, 1.54) is 4.90 Å². The van der Waals surface area contributed by atoms with Gasteiger partial charge in [-0.25, -0.2) is 0 Å². The smallest absolute Gasteiger partial charge is 0.323 e. The number of hydrogen-bond donors (Lipinski definition) is 1. The number of amides is 1. The van der Waals surface area contributed by atoms with Gasteiger partial charge in [0.05, 0.1) is 11.1 Å². The highest BCUT2D eigenvalue weighted by Gasteiger charge is 2.52. The summed E-state index contributed by atoms with van der Waals surface area (Å²) >= 11 is 0. The molecule has 20 heavy (non-hydrogen) atoms. The van der Waals surface area contributed by atoms with Crippen LogP contribution in [0.25, 0.3) is 0 Å². The SMILES string of the molecule is Cc1cc(C)c2c(c1)C1(CCCC1)C(=O)N2CC(=O)O. The lowest BCUT2D eigenvalue weighted by Gasteiger charge is -2.22. The molecular weight excluding hydrogens is 254 g/mol. The van der Waals surface area contributed by atoms with Gasteiger partial charge in [-0.05, 0) is 37.8 Å². The van der Waals surface area contributed by atoms with Crippen molar-refractivity contribution < 1.29 is 14.7 Å². The maximum absolute atomic E-state index is 12.8. The lowest BCUT2D eigenvalue weighted by molar-refractivity contribution is -0.137. The molecule has 0 radical (unpaired) electrons. The van der Waals surface area contributed by atoms with E-state index in [4.69, 9.17) is 5.11 Å². The standard InChI is InChI=1S/C16H19NO3/c1-10-7-11(2)14-12(8-10)16(5-3-4-6-16)15(20)17(14)9-13(18)19/h7-8H,3-6,9H2,1-2H3,(H,18,19). The Morgan fingerprint density at radius 1 is 1.30 bits per heavy atom. The van der Waals surface area contributed by atoms with Gasteiger partial charge in [-0.3, -0.25) is 14.5 Å². The molecule has 1 fully saturated rings. The number of carboxylic acid groups (broad SMARTS) is 1. The Balaban J connectivity index is 2.20. The molecule has 4 nitrogen and oxygen atoms in total. The summed E-state index contributed by atoms with van der Waals surface area (Å²) < 4.78 is 0. The van der Waals surface area contributed by atoms with Gasteiger partial charge in [0.2, 0.25) is 5.91 Å². The van der Waals surface area contributed by atoms with Crippen LogP contribution in [-0.4, -0.2) is 23.5 Å². The number of aryl methyl sites for hydroxylation is 2. The predicted octanol–water partition coefficient (Wildman–Crippen LogP) is 2.55. The molecule has 1 aromatic carbocycles. The summed E-state index contributed by atoms with van der Waals surface area (Å²) in [4.78, 5) is 25.4. The van der Waals surface area contributed by atoms with Gasteiger partial charge < -0.3 is 5.11 Å². The van der Waals surface area contributed by atoms with Gasteiger partial charge in [0.15, 0.2) is 0 Å². The number of benzene rings is 1. The molecule has 0 saturated heterocycles. The average Bonchev–Trinajstić information content (AvgIpc) is 2.91. The fourth-order valence-corrected chi connectivity index (χ4v) is 3.91. The zero-order chi connectivity index (χ0) is 14.5. The van der Waals surface area contributed by atoms with Crippen LogP contribution in [0.2, 0.25) is 0 Å². The first-order valence-electron chi connectivity index (χ1n) is 7.11. The van der Waals surface area contributed by atoms with Gasteiger partial charge in [0, 0.05) is 0 Å². The fraction of sp³-hybridized carbons (Fsp3) is 0.500. The van der Waals surface area contributed by atoms with Crippen LogP contribution < -0.4 is 4.90 Å². The Morgan fingerprint density at radius 2 is 1.95 bits per heavy atom. The van der Waals surface area contributed by atoms with E-state index < -0.39 is 11.4 Å². The summed E-state index contributed by atoms with van der Waals surface area (Å²) in [6.07, 6.45) is 3.77. The second-order valence-corrected chi connectivity index (χ2v) is 6.05. The maximum atomic E-state index is 12.8. The summed E-state index contributed by atoms with van der Waals surface area (Å²) in [5.74, 6) is -0.972. The number of rotatable bonds is 2. The Labute approximate surface area is 118 Å². The van der Waals surface area contributed by atoms with Gasteiger partial charge in [-0.1, -0.05) is 30.5 Å². The van der Waals surface area contributed by atoms with Crippen molar-refractivity contribution in [2.24, 2.45) is 0 Å². The summed E-state index contributed by atoms with van der Waals surface area (Å²) in [7, 11) is 0. The minimum Gasteiger partial charge on any atom is -0.480 e. The molecule has 1 aliphatic heterocycles. The highest BCUT2D eigenvalue weighted by molar-refractivity contribution is 6.11. The number of anilines is 1. The second-order valence-electron chi connectivity index (χ2n) is 6.05. The normalized spacial score (nSPS) is 19.7. The van der Waals surface area contributed by atoms with Crippen molar-refractivity contribution in [1.29, 1.82) is 0 Å². The molecular formula is C16H19NO3. The Hall–Kier alpha value is -1.84. The van der Waals surface area contributed by atoms with Crippen molar-refractivity contribution in [2.45, 2.75) is 44.9 Å². The van der Waals surface area contributed by atoms with Gasteiger partial charge in [-0.2, -0.15) is 0 Å². The molecule has 1 aromatic rings. The molecule has 0 unspecified atom stereocenters. The van der Waals surface area contributed by atoms with E-state index in [1.807, 2.05) is 19.9 Å². The molecule has 106 valence electrons. The molecule has 0 atom stereocenters. The van der Waals surface area contributed by atoms with Crippen LogP contribution in [0.5, 0.6) is 0 Å². The van der Waals surface area contributed by atoms with Crippen LogP contribution >= 0.6 is 0 Å². The van der Waals surface area contributed by atoms with Crippen molar-refractivity contribution in [3.05, 3.63) is 28.8 Å². The fourth-order valence-electron chi connectivity index (χ4n) is 3.91. The number of carbonyl (C=O) groups excluding carboxylic acids is 1. The van der Waals surface area contributed by atoms with Crippen molar-refractivity contribution in [3.8, 4) is 0 Å². The van der Waals surface area contributed by atoms with Crippen LogP contribution in [0.3, 0.4) is 0 Å². The summed E-state index contributed by atoms with van der Waals surface area (Å²) in [6.45, 7) is 3.75. The Bertz CT molecular complexity index is 600. The predicted molar refractivity (Wildman–Crippen MR) is 76.1 cm³/mol. The topological polar surface area (TPSA) is 57.6 Å². The van der Waals surface area contributed by atoms with Gasteiger partial charge in [-0.15, -0.1) is 0 Å². The second kappa shape index (κ2) is 4.33. The molecule has 1 spiro atoms. The van der Waals surface area contributed by atoms with Gasteiger partial charge >= 0.3 is 5.97 Å². The van der Waals surface area contributed by atoms with Crippen LogP contribution in [-0.2, 0) is 15.0 Å². The number of carboxylic acids is 1. The van der Waals surface area contributed by atoms with Crippen LogP contribution in [0.4, 0.5) is 5.69 Å². The molecule has 0 aromatic heterocycles. The van der Waals surface area contributed by atoms with E-state index in [2.05, 4.69) is 6.07 Å². The van der Waals surface area contributed by atoms with Crippen molar-refractivity contribution in [3.63, 3.8) is 0 Å². The molecule has 3 rings (SSSR count). The highest BCUT2D eigenvalue weighted by Crippen LogP contribution is 2.52. The number of fused-ring (bicyclic) bond motifs is 2. The van der Waals surface area contributed by atoms with E-state index in [9.17, 15) is 9.59 Å². The van der Waals surface area contributed by atoms with E-state index in [1.54, 1.807) is 0 Å². The molecule has 2 aliphatic rings. The van der Waals surface area contributed by atoms with E-state index in [0.717, 1.165) is 48.1 Å². The van der Waals surface area contributed by atoms with Gasteiger partial charge in [0.25, 0.3) is 0 Å². The first-order chi connectivity index (χ1) is 9.45. The van der Waals surface area contributed by atoms with Crippen molar-refractivity contribution in [1.82, 2.24) is 0 Å². The molecule has 1 N–H and O–H groups in total. The van der Waals surface area contributed by atoms with Gasteiger partial charge in [0.1, 0.15) is 6.54 Å². The highest BCUT2D eigenvalue weighted by atomic mass is 16.4. The summed E-state index contributed by atoms with van der Waals surface area (Å²) in [6, 6.07) is 4.10. The minimum absolute atomic E-state index is 0.0129. The lowest BCUT2D eigenvalue weighted by atomic mass is 9.79. The number of carbonyl (C=O) groups is 2. The van der Waals surface area contributed by atoms with Crippen LogP contribution in [0.15, 0.2) is 12.1 Å². The molecule has 1 saturated carbocycles. The summed E-state index contributed by atoms with van der Waals surface area (Å²) in [5, 5.41) is 9.10.